The first-order valence-electron chi connectivity index (χ1n) is 5.31. The third kappa shape index (κ3) is 6.38. The zero-order chi connectivity index (χ0) is 14.1. The number of carboxylic acids is 1. The molecule has 0 bridgehead atoms. The number of hydrogen-bond donors (Lipinski definition) is 2. The minimum Gasteiger partial charge on any atom is -0.480 e. The van der Waals surface area contributed by atoms with E-state index in [-0.39, 0.29) is 5.92 Å². The first kappa shape index (κ1) is 16.6. The van der Waals surface area contributed by atoms with Crippen LogP contribution in [0.2, 0.25) is 0 Å². The van der Waals surface area contributed by atoms with Crippen molar-refractivity contribution in [2.75, 3.05) is 0 Å². The molecule has 1 rings (SSSR count). The number of benzene rings is 1. The number of thiol groups is 1. The Morgan fingerprint density at radius 1 is 1.39 bits per heavy atom. The Balaban J connectivity index is 0.000000321. The van der Waals surface area contributed by atoms with Crippen LogP contribution in [0.25, 0.3) is 0 Å². The molecule has 0 aliphatic carbocycles. The zero-order valence-electron chi connectivity index (χ0n) is 10.2. The van der Waals surface area contributed by atoms with E-state index in [4.69, 9.17) is 22.6 Å². The molecule has 0 radical (unpaired) electrons. The van der Waals surface area contributed by atoms with Crippen molar-refractivity contribution in [1.82, 2.24) is 0 Å². The molecule has 3 nitrogen and oxygen atoms in total. The number of aliphatic carboxylic acids is 1. The van der Waals surface area contributed by atoms with E-state index in [1.807, 2.05) is 30.3 Å². The van der Waals surface area contributed by atoms with Crippen molar-refractivity contribution in [1.29, 1.82) is 5.26 Å². The summed E-state index contributed by atoms with van der Waals surface area (Å²) in [5.74, 6) is -2.00. The molecule has 5 heteroatoms. The van der Waals surface area contributed by atoms with Crippen molar-refractivity contribution >= 4 is 35.0 Å². The molecule has 1 unspecified atom stereocenters. The maximum atomic E-state index is 10.1. The van der Waals surface area contributed by atoms with Crippen LogP contribution in [0.1, 0.15) is 19.4 Å². The Morgan fingerprint density at radius 3 is 2.06 bits per heavy atom. The van der Waals surface area contributed by atoms with Crippen molar-refractivity contribution < 1.29 is 9.90 Å². The highest BCUT2D eigenvalue weighted by molar-refractivity contribution is 8.11. The molecule has 0 saturated carbocycles. The number of carboxylic acid groups (broad SMARTS) is 1. The zero-order valence-corrected chi connectivity index (χ0v) is 11.9. The van der Waals surface area contributed by atoms with Crippen LogP contribution in [0.15, 0.2) is 30.3 Å². The van der Waals surface area contributed by atoms with Gasteiger partial charge in [-0.25, -0.2) is 0 Å². The van der Waals surface area contributed by atoms with Gasteiger partial charge in [0, 0.05) is 0 Å². The summed E-state index contributed by atoms with van der Waals surface area (Å²) in [4.78, 5) is 10.1. The quantitative estimate of drug-likeness (QED) is 0.660. The number of carbonyl (C=O) groups is 1. The number of hydrogen-bond acceptors (Lipinski definition) is 3. The van der Waals surface area contributed by atoms with E-state index in [9.17, 15) is 4.79 Å². The van der Waals surface area contributed by atoms with E-state index < -0.39 is 11.9 Å². The topological polar surface area (TPSA) is 61.1 Å². The van der Waals surface area contributed by atoms with Crippen LogP contribution in [0.3, 0.4) is 0 Å². The van der Waals surface area contributed by atoms with Gasteiger partial charge in [0.15, 0.2) is 0 Å². The van der Waals surface area contributed by atoms with E-state index in [1.54, 1.807) is 19.9 Å². The molecule has 0 spiro atoms. The minimum absolute atomic E-state index is 0.104. The molecule has 1 N–H and O–H groups in total. The van der Waals surface area contributed by atoms with Gasteiger partial charge in [0.1, 0.15) is 5.92 Å². The second-order valence-electron chi connectivity index (χ2n) is 3.86. The van der Waals surface area contributed by atoms with Gasteiger partial charge in [0.05, 0.1) is 10.3 Å². The molecule has 0 saturated heterocycles. The third-order valence-electron chi connectivity index (χ3n) is 2.09. The number of thiocarbonyl (C=S) groups is 1. The van der Waals surface area contributed by atoms with Gasteiger partial charge in [-0.2, -0.15) is 5.26 Å². The molecule has 96 valence electrons. The summed E-state index contributed by atoms with van der Waals surface area (Å²) in [7, 11) is 0. The first-order chi connectivity index (χ1) is 8.40. The Bertz CT molecular complexity index is 438. The highest BCUT2D eigenvalue weighted by Crippen LogP contribution is 2.08. The number of nitrogens with zero attached hydrogens (tertiary/aromatic N) is 1. The molecule has 0 aromatic heterocycles. The van der Waals surface area contributed by atoms with Gasteiger partial charge >= 0.3 is 5.97 Å². The number of nitriles is 1. The minimum atomic E-state index is -1.03. The smallest absolute Gasteiger partial charge is 0.321 e. The summed E-state index contributed by atoms with van der Waals surface area (Å²) in [6.07, 6.45) is 0. The van der Waals surface area contributed by atoms with Gasteiger partial charge in [-0.1, -0.05) is 56.4 Å². The lowest BCUT2D eigenvalue weighted by atomic mass is 9.98. The van der Waals surface area contributed by atoms with Crippen molar-refractivity contribution in [3.63, 3.8) is 0 Å². The molecule has 0 amide bonds. The van der Waals surface area contributed by atoms with Crippen molar-refractivity contribution in [3.05, 3.63) is 35.9 Å². The summed E-state index contributed by atoms with van der Waals surface area (Å²) in [5.41, 5.74) is 1.01. The first-order valence-corrected chi connectivity index (χ1v) is 6.16. The van der Waals surface area contributed by atoms with Crippen LogP contribution in [0, 0.1) is 23.2 Å². The summed E-state index contributed by atoms with van der Waals surface area (Å²) >= 11 is 8.85. The molecular formula is C13H15NO2S2. The highest BCUT2D eigenvalue weighted by atomic mass is 32.1. The Labute approximate surface area is 118 Å². The summed E-state index contributed by atoms with van der Waals surface area (Å²) in [5, 5.41) is 16.6. The predicted molar refractivity (Wildman–Crippen MR) is 78.7 cm³/mol. The van der Waals surface area contributed by atoms with Crippen LogP contribution in [-0.4, -0.2) is 15.3 Å². The fourth-order valence-corrected chi connectivity index (χ4v) is 1.36. The van der Waals surface area contributed by atoms with Crippen LogP contribution in [-0.2, 0) is 4.79 Å². The second-order valence-corrected chi connectivity index (χ2v) is 5.02. The van der Waals surface area contributed by atoms with Gasteiger partial charge in [-0.05, 0) is 11.5 Å². The number of rotatable bonds is 3. The highest BCUT2D eigenvalue weighted by Gasteiger charge is 2.19. The molecule has 18 heavy (non-hydrogen) atoms. The van der Waals surface area contributed by atoms with E-state index in [2.05, 4.69) is 12.6 Å². The second kappa shape index (κ2) is 8.67. The monoisotopic (exact) mass is 281 g/mol. The molecule has 1 aromatic carbocycles. The van der Waals surface area contributed by atoms with E-state index in [0.29, 0.717) is 4.20 Å². The van der Waals surface area contributed by atoms with E-state index >= 15 is 0 Å². The molecule has 0 heterocycles. The van der Waals surface area contributed by atoms with Crippen molar-refractivity contribution in [2.45, 2.75) is 13.8 Å². The molecular weight excluding hydrogens is 266 g/mol. The van der Waals surface area contributed by atoms with Crippen LogP contribution in [0.5, 0.6) is 0 Å². The average molecular weight is 281 g/mol. The lowest BCUT2D eigenvalue weighted by Gasteiger charge is -2.04. The summed E-state index contributed by atoms with van der Waals surface area (Å²) < 4.78 is 0.649. The lowest BCUT2D eigenvalue weighted by Crippen LogP contribution is -2.17. The van der Waals surface area contributed by atoms with Gasteiger partial charge in [0.2, 0.25) is 0 Å². The largest absolute Gasteiger partial charge is 0.480 e. The average Bonchev–Trinajstić information content (AvgIpc) is 2.30. The van der Waals surface area contributed by atoms with Gasteiger partial charge in [-0.3, -0.25) is 4.79 Å². The Morgan fingerprint density at radius 2 is 1.89 bits per heavy atom. The lowest BCUT2D eigenvalue weighted by molar-refractivity contribution is -0.140. The summed E-state index contributed by atoms with van der Waals surface area (Å²) in [6, 6.07) is 11.4. The maximum absolute atomic E-state index is 10.1. The molecule has 1 atom stereocenters. The predicted octanol–water partition coefficient (Wildman–Crippen LogP) is 3.16. The van der Waals surface area contributed by atoms with Crippen molar-refractivity contribution in [2.24, 2.45) is 11.8 Å². The van der Waals surface area contributed by atoms with Crippen LogP contribution < -0.4 is 0 Å². The molecule has 0 aliphatic rings. The van der Waals surface area contributed by atoms with E-state index in [0.717, 1.165) is 5.56 Å². The maximum Gasteiger partial charge on any atom is 0.321 e. The van der Waals surface area contributed by atoms with Gasteiger partial charge in [-0.15, -0.1) is 12.6 Å². The van der Waals surface area contributed by atoms with Gasteiger partial charge in [0.25, 0.3) is 0 Å². The third-order valence-corrected chi connectivity index (χ3v) is 2.59. The molecule has 0 aliphatic heterocycles. The Hall–Kier alpha value is -1.38. The van der Waals surface area contributed by atoms with Gasteiger partial charge < -0.3 is 5.11 Å². The SMILES string of the molecule is CC(C)C(C#N)C(=O)O.S=C(S)c1ccccc1. The standard InChI is InChI=1S/C7H6S2.C6H9NO2/c8-7(9)6-4-2-1-3-5-6;1-4(2)5(3-7)6(8)9/h1-5H,(H,8,9);4-5H,1-2H3,(H,8,9). The fraction of sp³-hybridized carbons (Fsp3) is 0.308. The van der Waals surface area contributed by atoms with E-state index in [1.165, 1.54) is 0 Å². The normalized spacial score (nSPS) is 10.8. The molecule has 0 fully saturated rings. The summed E-state index contributed by atoms with van der Waals surface area (Å²) in [6.45, 7) is 3.42. The Kier molecular flexibility index (Phi) is 8.01. The van der Waals surface area contributed by atoms with Crippen molar-refractivity contribution in [3.8, 4) is 6.07 Å². The van der Waals surface area contributed by atoms with Crippen LogP contribution >= 0.6 is 24.8 Å². The fourth-order valence-electron chi connectivity index (χ4n) is 1.07. The molecule has 1 aromatic rings. The van der Waals surface area contributed by atoms with Crippen LogP contribution in [0.4, 0.5) is 0 Å².